The van der Waals surface area contributed by atoms with Crippen molar-refractivity contribution in [2.45, 2.75) is 12.8 Å². The minimum absolute atomic E-state index is 0.631. The fourth-order valence-electron chi connectivity index (χ4n) is 0.937. The highest BCUT2D eigenvalue weighted by molar-refractivity contribution is 4.48. The predicted octanol–water partition coefficient (Wildman–Crippen LogP) is 1.61. The molecule has 0 saturated heterocycles. The molecular formula is C11H22O4. The lowest BCUT2D eigenvalue weighted by Gasteiger charge is -2.05. The van der Waals surface area contributed by atoms with Crippen molar-refractivity contribution in [2.75, 3.05) is 46.8 Å². The summed E-state index contributed by atoms with van der Waals surface area (Å²) in [5, 5.41) is 0. The molecule has 0 spiro atoms. The van der Waals surface area contributed by atoms with Crippen molar-refractivity contribution in [1.29, 1.82) is 0 Å². The summed E-state index contributed by atoms with van der Waals surface area (Å²) in [5.74, 6) is 0. The molecule has 4 nitrogen and oxygen atoms in total. The molecule has 0 rings (SSSR count). The third-order valence-electron chi connectivity index (χ3n) is 1.72. The Balaban J connectivity index is 2.83. The first kappa shape index (κ1) is 14.4. The summed E-state index contributed by atoms with van der Waals surface area (Å²) in [6.45, 7) is 7.49. The van der Waals surface area contributed by atoms with E-state index in [9.17, 15) is 0 Å². The Labute approximate surface area is 92.2 Å². The van der Waals surface area contributed by atoms with E-state index in [-0.39, 0.29) is 0 Å². The molecule has 0 aliphatic heterocycles. The molecule has 0 heterocycles. The van der Waals surface area contributed by atoms with Crippen molar-refractivity contribution in [3.8, 4) is 0 Å². The van der Waals surface area contributed by atoms with Crippen molar-refractivity contribution in [2.24, 2.45) is 0 Å². The third kappa shape index (κ3) is 13.4. The molecule has 15 heavy (non-hydrogen) atoms. The fraction of sp³-hybridized carbons (Fsp3) is 0.818. The van der Waals surface area contributed by atoms with Gasteiger partial charge in [0.05, 0.1) is 39.3 Å². The standard InChI is InChI=1S/C11H22O4/c1-3-13-6-4-5-7-14-10-11-15-9-8-12-2/h3H,1,4-11H2,2H3. The molecule has 0 bridgehead atoms. The van der Waals surface area contributed by atoms with E-state index in [4.69, 9.17) is 18.9 Å². The first-order chi connectivity index (χ1) is 7.41. The van der Waals surface area contributed by atoms with E-state index in [0.29, 0.717) is 26.4 Å². The molecule has 0 unspecified atom stereocenters. The smallest absolute Gasteiger partial charge is 0.0873 e. The largest absolute Gasteiger partial charge is 0.502 e. The fourth-order valence-corrected chi connectivity index (χ4v) is 0.937. The molecule has 0 N–H and O–H groups in total. The van der Waals surface area contributed by atoms with Crippen LogP contribution in [0.25, 0.3) is 0 Å². The predicted molar refractivity (Wildman–Crippen MR) is 58.9 cm³/mol. The van der Waals surface area contributed by atoms with E-state index in [1.54, 1.807) is 7.11 Å². The van der Waals surface area contributed by atoms with Gasteiger partial charge in [0.2, 0.25) is 0 Å². The Kier molecular flexibility index (Phi) is 12.9. The van der Waals surface area contributed by atoms with E-state index >= 15 is 0 Å². The van der Waals surface area contributed by atoms with Gasteiger partial charge in [-0.2, -0.15) is 0 Å². The molecule has 0 aromatic carbocycles. The quantitative estimate of drug-likeness (QED) is 0.368. The molecule has 0 saturated carbocycles. The van der Waals surface area contributed by atoms with Crippen LogP contribution in [0.3, 0.4) is 0 Å². The number of rotatable bonds is 12. The maximum Gasteiger partial charge on any atom is 0.0873 e. The lowest BCUT2D eigenvalue weighted by atomic mass is 10.3. The molecule has 0 aliphatic rings. The highest BCUT2D eigenvalue weighted by atomic mass is 16.5. The molecular weight excluding hydrogens is 196 g/mol. The zero-order valence-corrected chi connectivity index (χ0v) is 9.57. The van der Waals surface area contributed by atoms with Gasteiger partial charge in [-0.1, -0.05) is 6.58 Å². The molecule has 0 aromatic heterocycles. The van der Waals surface area contributed by atoms with Gasteiger partial charge in [0.15, 0.2) is 0 Å². The van der Waals surface area contributed by atoms with Gasteiger partial charge in [-0.15, -0.1) is 0 Å². The SMILES string of the molecule is C=COCCCCOCCOCCOC. The van der Waals surface area contributed by atoms with E-state index < -0.39 is 0 Å². The van der Waals surface area contributed by atoms with Crippen LogP contribution in [0.2, 0.25) is 0 Å². The Bertz CT molecular complexity index is 128. The number of hydrogen-bond acceptors (Lipinski definition) is 4. The highest BCUT2D eigenvalue weighted by Gasteiger charge is 1.91. The van der Waals surface area contributed by atoms with Crippen LogP contribution >= 0.6 is 0 Å². The van der Waals surface area contributed by atoms with Crippen LogP contribution in [0.1, 0.15) is 12.8 Å². The first-order valence-corrected chi connectivity index (χ1v) is 5.28. The van der Waals surface area contributed by atoms with Gasteiger partial charge in [0, 0.05) is 13.7 Å². The highest BCUT2D eigenvalue weighted by Crippen LogP contribution is 1.91. The third-order valence-corrected chi connectivity index (χ3v) is 1.72. The summed E-state index contributed by atoms with van der Waals surface area (Å²) in [4.78, 5) is 0. The lowest BCUT2D eigenvalue weighted by molar-refractivity contribution is 0.0233. The van der Waals surface area contributed by atoms with Crippen LogP contribution < -0.4 is 0 Å². The second-order valence-electron chi connectivity index (χ2n) is 2.96. The molecule has 0 fully saturated rings. The van der Waals surface area contributed by atoms with Gasteiger partial charge in [-0.3, -0.25) is 0 Å². The van der Waals surface area contributed by atoms with Crippen LogP contribution in [-0.4, -0.2) is 46.8 Å². The Hall–Kier alpha value is -0.580. The summed E-state index contributed by atoms with van der Waals surface area (Å²) in [7, 11) is 1.66. The van der Waals surface area contributed by atoms with Crippen molar-refractivity contribution >= 4 is 0 Å². The number of ether oxygens (including phenoxy) is 4. The first-order valence-electron chi connectivity index (χ1n) is 5.28. The van der Waals surface area contributed by atoms with Crippen LogP contribution in [0.5, 0.6) is 0 Å². The molecule has 90 valence electrons. The van der Waals surface area contributed by atoms with Gasteiger partial charge in [0.1, 0.15) is 0 Å². The minimum Gasteiger partial charge on any atom is -0.502 e. The average molecular weight is 218 g/mol. The van der Waals surface area contributed by atoms with Crippen LogP contribution in [0.4, 0.5) is 0 Å². The molecule has 4 heteroatoms. The van der Waals surface area contributed by atoms with Crippen molar-refractivity contribution in [3.63, 3.8) is 0 Å². The van der Waals surface area contributed by atoms with Crippen LogP contribution in [0.15, 0.2) is 12.8 Å². The molecule has 0 aromatic rings. The van der Waals surface area contributed by atoms with Gasteiger partial charge in [0.25, 0.3) is 0 Å². The van der Waals surface area contributed by atoms with E-state index in [1.165, 1.54) is 6.26 Å². The normalized spacial score (nSPS) is 10.2. The topological polar surface area (TPSA) is 36.9 Å². The minimum atomic E-state index is 0.631. The van der Waals surface area contributed by atoms with E-state index in [2.05, 4.69) is 6.58 Å². The van der Waals surface area contributed by atoms with Gasteiger partial charge in [-0.25, -0.2) is 0 Å². The zero-order chi connectivity index (χ0) is 11.2. The molecule has 0 atom stereocenters. The molecule has 0 radical (unpaired) electrons. The maximum atomic E-state index is 5.35. The Morgan fingerprint density at radius 3 is 2.13 bits per heavy atom. The van der Waals surface area contributed by atoms with E-state index in [0.717, 1.165) is 26.1 Å². The molecule has 0 aliphatic carbocycles. The van der Waals surface area contributed by atoms with Crippen molar-refractivity contribution in [3.05, 3.63) is 12.8 Å². The summed E-state index contributed by atoms with van der Waals surface area (Å²) < 4.78 is 20.4. The van der Waals surface area contributed by atoms with Crippen LogP contribution in [-0.2, 0) is 18.9 Å². The number of hydrogen-bond donors (Lipinski definition) is 0. The van der Waals surface area contributed by atoms with Crippen molar-refractivity contribution in [1.82, 2.24) is 0 Å². The van der Waals surface area contributed by atoms with Crippen molar-refractivity contribution < 1.29 is 18.9 Å². The molecule has 0 amide bonds. The summed E-state index contributed by atoms with van der Waals surface area (Å²) in [6.07, 6.45) is 3.47. The number of unbranched alkanes of at least 4 members (excludes halogenated alkanes) is 1. The maximum absolute atomic E-state index is 5.35. The summed E-state index contributed by atoms with van der Waals surface area (Å²) in [6, 6.07) is 0. The summed E-state index contributed by atoms with van der Waals surface area (Å²) >= 11 is 0. The lowest BCUT2D eigenvalue weighted by Crippen LogP contribution is -2.09. The monoisotopic (exact) mass is 218 g/mol. The van der Waals surface area contributed by atoms with Gasteiger partial charge in [-0.05, 0) is 12.8 Å². The van der Waals surface area contributed by atoms with E-state index in [1.807, 2.05) is 0 Å². The average Bonchev–Trinajstić information content (AvgIpc) is 2.26. The Morgan fingerprint density at radius 2 is 1.47 bits per heavy atom. The van der Waals surface area contributed by atoms with Gasteiger partial charge >= 0.3 is 0 Å². The van der Waals surface area contributed by atoms with Crippen LogP contribution in [0, 0.1) is 0 Å². The van der Waals surface area contributed by atoms with Gasteiger partial charge < -0.3 is 18.9 Å². The second-order valence-corrected chi connectivity index (χ2v) is 2.96. The summed E-state index contributed by atoms with van der Waals surface area (Å²) in [5.41, 5.74) is 0. The zero-order valence-electron chi connectivity index (χ0n) is 9.57. The number of methoxy groups -OCH3 is 1. The Morgan fingerprint density at radius 1 is 0.867 bits per heavy atom. The second kappa shape index (κ2) is 13.4.